The van der Waals surface area contributed by atoms with Crippen LogP contribution >= 0.6 is 0 Å². The van der Waals surface area contributed by atoms with Crippen LogP contribution in [-0.4, -0.2) is 5.11 Å². The molecule has 1 aromatic heterocycles. The molecule has 0 atom stereocenters. The van der Waals surface area contributed by atoms with Crippen molar-refractivity contribution in [2.24, 2.45) is 0 Å². The van der Waals surface area contributed by atoms with Crippen molar-refractivity contribution in [1.29, 1.82) is 0 Å². The van der Waals surface area contributed by atoms with Gasteiger partial charge in [-0.3, -0.25) is 0 Å². The molecule has 0 bridgehead atoms. The Hall–Kier alpha value is -1.28. The van der Waals surface area contributed by atoms with Crippen molar-refractivity contribution in [2.75, 3.05) is 0 Å². The van der Waals surface area contributed by atoms with Crippen LogP contribution in [0.25, 0.3) is 11.0 Å². The third-order valence-electron chi connectivity index (χ3n) is 2.76. The molecule has 0 fully saturated rings. The van der Waals surface area contributed by atoms with Crippen molar-refractivity contribution in [2.45, 2.75) is 33.3 Å². The van der Waals surface area contributed by atoms with Crippen LogP contribution in [0.4, 0.5) is 0 Å². The Morgan fingerprint density at radius 2 is 2.07 bits per heavy atom. The Morgan fingerprint density at radius 3 is 2.67 bits per heavy atom. The molecule has 0 aliphatic heterocycles. The van der Waals surface area contributed by atoms with E-state index in [1.54, 1.807) is 0 Å². The minimum atomic E-state index is -0.0361. The number of furan rings is 1. The molecule has 2 rings (SSSR count). The van der Waals surface area contributed by atoms with E-state index in [4.69, 9.17) is 9.52 Å². The molecule has 2 nitrogen and oxygen atoms in total. The van der Waals surface area contributed by atoms with Crippen LogP contribution in [0.1, 0.15) is 36.7 Å². The first kappa shape index (κ1) is 10.2. The number of aliphatic hydroxyl groups is 1. The Bertz CT molecular complexity index is 480. The van der Waals surface area contributed by atoms with Crippen LogP contribution in [0.2, 0.25) is 0 Å². The van der Waals surface area contributed by atoms with Crippen LogP contribution in [-0.2, 0) is 6.61 Å². The predicted octanol–water partition coefficient (Wildman–Crippen LogP) is 3.36. The maximum atomic E-state index is 9.07. The second-order valence-electron chi connectivity index (χ2n) is 4.24. The standard InChI is InChI=1S/C13H16O2/c1-8(2)11-5-4-9(3)12-6-10(7-14)15-13(11)12/h4-6,8,14H,7H2,1-3H3. The fourth-order valence-corrected chi connectivity index (χ4v) is 1.86. The summed E-state index contributed by atoms with van der Waals surface area (Å²) in [6, 6.07) is 6.14. The highest BCUT2D eigenvalue weighted by Crippen LogP contribution is 2.30. The predicted molar refractivity (Wildman–Crippen MR) is 61.0 cm³/mol. The molecule has 15 heavy (non-hydrogen) atoms. The first-order valence-electron chi connectivity index (χ1n) is 5.26. The van der Waals surface area contributed by atoms with E-state index in [0.717, 1.165) is 11.0 Å². The number of benzene rings is 1. The summed E-state index contributed by atoms with van der Waals surface area (Å²) < 4.78 is 5.64. The molecule has 0 aliphatic carbocycles. The quantitative estimate of drug-likeness (QED) is 0.813. The van der Waals surface area contributed by atoms with Gasteiger partial charge in [0.1, 0.15) is 18.0 Å². The highest BCUT2D eigenvalue weighted by molar-refractivity contribution is 5.84. The maximum Gasteiger partial charge on any atom is 0.138 e. The number of hydrogen-bond donors (Lipinski definition) is 1. The first-order valence-corrected chi connectivity index (χ1v) is 5.26. The van der Waals surface area contributed by atoms with E-state index in [0.29, 0.717) is 11.7 Å². The highest BCUT2D eigenvalue weighted by atomic mass is 16.4. The Labute approximate surface area is 89.5 Å². The fraction of sp³-hybridized carbons (Fsp3) is 0.385. The van der Waals surface area contributed by atoms with Gasteiger partial charge in [-0.05, 0) is 30.0 Å². The topological polar surface area (TPSA) is 33.4 Å². The van der Waals surface area contributed by atoms with Crippen LogP contribution < -0.4 is 0 Å². The van der Waals surface area contributed by atoms with Gasteiger partial charge in [-0.1, -0.05) is 26.0 Å². The molecule has 2 aromatic rings. The van der Waals surface area contributed by atoms with Crippen molar-refractivity contribution in [3.05, 3.63) is 35.1 Å². The van der Waals surface area contributed by atoms with Gasteiger partial charge in [0, 0.05) is 5.39 Å². The van der Waals surface area contributed by atoms with Gasteiger partial charge >= 0.3 is 0 Å². The molecular weight excluding hydrogens is 188 g/mol. The summed E-state index contributed by atoms with van der Waals surface area (Å²) in [4.78, 5) is 0. The zero-order valence-corrected chi connectivity index (χ0v) is 9.37. The van der Waals surface area contributed by atoms with Crippen LogP contribution in [0.3, 0.4) is 0 Å². The third-order valence-corrected chi connectivity index (χ3v) is 2.76. The molecule has 1 heterocycles. The number of aryl methyl sites for hydroxylation is 1. The second-order valence-corrected chi connectivity index (χ2v) is 4.24. The largest absolute Gasteiger partial charge is 0.458 e. The van der Waals surface area contributed by atoms with Gasteiger partial charge in [0.05, 0.1) is 0 Å². The SMILES string of the molecule is Cc1ccc(C(C)C)c2oc(CO)cc12. The second kappa shape index (κ2) is 3.70. The molecule has 2 heteroatoms. The number of rotatable bonds is 2. The average molecular weight is 204 g/mol. The fourth-order valence-electron chi connectivity index (χ4n) is 1.86. The monoisotopic (exact) mass is 204 g/mol. The van der Waals surface area contributed by atoms with Crippen LogP contribution in [0.5, 0.6) is 0 Å². The lowest BCUT2D eigenvalue weighted by atomic mass is 9.99. The minimum absolute atomic E-state index is 0.0361. The van der Waals surface area contributed by atoms with Gasteiger partial charge in [0.15, 0.2) is 0 Å². The Balaban J connectivity index is 2.74. The smallest absolute Gasteiger partial charge is 0.138 e. The summed E-state index contributed by atoms with van der Waals surface area (Å²) in [5.41, 5.74) is 3.32. The summed E-state index contributed by atoms with van der Waals surface area (Å²) in [6.45, 7) is 6.31. The summed E-state index contributed by atoms with van der Waals surface area (Å²) in [6.07, 6.45) is 0. The summed E-state index contributed by atoms with van der Waals surface area (Å²) in [7, 11) is 0. The van der Waals surface area contributed by atoms with Crippen molar-refractivity contribution in [3.8, 4) is 0 Å². The van der Waals surface area contributed by atoms with Gasteiger partial charge in [0.2, 0.25) is 0 Å². The van der Waals surface area contributed by atoms with E-state index < -0.39 is 0 Å². The molecule has 0 unspecified atom stereocenters. The van der Waals surface area contributed by atoms with Crippen molar-refractivity contribution >= 4 is 11.0 Å². The van der Waals surface area contributed by atoms with E-state index in [1.807, 2.05) is 6.07 Å². The van der Waals surface area contributed by atoms with Gasteiger partial charge in [-0.25, -0.2) is 0 Å². The number of hydrogen-bond acceptors (Lipinski definition) is 2. The van der Waals surface area contributed by atoms with Gasteiger partial charge in [-0.15, -0.1) is 0 Å². The lowest BCUT2D eigenvalue weighted by Gasteiger charge is -2.06. The molecule has 0 amide bonds. The molecule has 0 saturated carbocycles. The summed E-state index contributed by atoms with van der Waals surface area (Å²) in [5.74, 6) is 1.08. The maximum absolute atomic E-state index is 9.07. The molecule has 1 N–H and O–H groups in total. The molecule has 0 spiro atoms. The molecule has 1 aromatic carbocycles. The van der Waals surface area contributed by atoms with Crippen LogP contribution in [0, 0.1) is 6.92 Å². The number of aliphatic hydroxyl groups excluding tert-OH is 1. The highest BCUT2D eigenvalue weighted by Gasteiger charge is 2.12. The molecule has 80 valence electrons. The van der Waals surface area contributed by atoms with E-state index in [-0.39, 0.29) is 6.61 Å². The van der Waals surface area contributed by atoms with E-state index in [2.05, 4.69) is 32.9 Å². The lowest BCUT2D eigenvalue weighted by Crippen LogP contribution is -1.88. The van der Waals surface area contributed by atoms with Gasteiger partial charge < -0.3 is 9.52 Å². The van der Waals surface area contributed by atoms with Gasteiger partial charge in [0.25, 0.3) is 0 Å². The lowest BCUT2D eigenvalue weighted by molar-refractivity contribution is 0.251. The van der Waals surface area contributed by atoms with Crippen molar-refractivity contribution in [3.63, 3.8) is 0 Å². The third kappa shape index (κ3) is 1.65. The molecule has 0 radical (unpaired) electrons. The summed E-state index contributed by atoms with van der Waals surface area (Å²) >= 11 is 0. The average Bonchev–Trinajstić information content (AvgIpc) is 2.62. The first-order chi connectivity index (χ1) is 7.13. The van der Waals surface area contributed by atoms with Crippen molar-refractivity contribution < 1.29 is 9.52 Å². The van der Waals surface area contributed by atoms with Crippen LogP contribution in [0.15, 0.2) is 22.6 Å². The molecule has 0 aliphatic rings. The molecule has 0 saturated heterocycles. The molecular formula is C13H16O2. The van der Waals surface area contributed by atoms with Crippen molar-refractivity contribution in [1.82, 2.24) is 0 Å². The van der Waals surface area contributed by atoms with Gasteiger partial charge in [-0.2, -0.15) is 0 Å². The Kier molecular flexibility index (Phi) is 2.53. The van der Waals surface area contributed by atoms with E-state index in [9.17, 15) is 0 Å². The Morgan fingerprint density at radius 1 is 1.33 bits per heavy atom. The van der Waals surface area contributed by atoms with E-state index >= 15 is 0 Å². The normalized spacial score (nSPS) is 11.5. The minimum Gasteiger partial charge on any atom is -0.458 e. The zero-order valence-electron chi connectivity index (χ0n) is 9.37. The number of fused-ring (bicyclic) bond motifs is 1. The summed E-state index contributed by atoms with van der Waals surface area (Å²) in [5, 5.41) is 10.2. The zero-order chi connectivity index (χ0) is 11.0. The van der Waals surface area contributed by atoms with E-state index in [1.165, 1.54) is 11.1 Å².